The minimum atomic E-state index is -0.337. The molecule has 1 amide bonds. The lowest BCUT2D eigenvalue weighted by molar-refractivity contribution is 0.0952. The molecule has 28 heavy (non-hydrogen) atoms. The summed E-state index contributed by atoms with van der Waals surface area (Å²) >= 11 is 7.55. The van der Waals surface area contributed by atoms with Crippen LogP contribution in [0.25, 0.3) is 10.4 Å². The van der Waals surface area contributed by atoms with Crippen LogP contribution in [0.15, 0.2) is 58.8 Å². The average Bonchev–Trinajstić information content (AvgIpc) is 3.14. The van der Waals surface area contributed by atoms with Crippen LogP contribution in [0.1, 0.15) is 35.7 Å². The Labute approximate surface area is 173 Å². The minimum absolute atomic E-state index is 0.172. The van der Waals surface area contributed by atoms with Crippen LogP contribution in [0.3, 0.4) is 0 Å². The number of carbonyl (C=O) groups is 1. The largest absolute Gasteiger partial charge is 0.352 e. The lowest BCUT2D eigenvalue weighted by atomic mass is 10.1. The van der Waals surface area contributed by atoms with Crippen molar-refractivity contribution in [1.82, 2.24) is 9.88 Å². The van der Waals surface area contributed by atoms with Gasteiger partial charge >= 0.3 is 0 Å². The molecule has 0 aliphatic rings. The molecule has 0 radical (unpaired) electrons. The topological polar surface area (TPSA) is 51.1 Å². The summed E-state index contributed by atoms with van der Waals surface area (Å²) in [5.41, 5.74) is 1.90. The monoisotopic (exact) mass is 414 g/mol. The Morgan fingerprint density at radius 1 is 1.21 bits per heavy atom. The van der Waals surface area contributed by atoms with Gasteiger partial charge in [0.25, 0.3) is 11.5 Å². The van der Waals surface area contributed by atoms with E-state index in [0.29, 0.717) is 18.1 Å². The van der Waals surface area contributed by atoms with Gasteiger partial charge in [-0.2, -0.15) is 0 Å². The van der Waals surface area contributed by atoms with Crippen molar-refractivity contribution < 1.29 is 4.79 Å². The van der Waals surface area contributed by atoms with Crippen molar-refractivity contribution in [1.29, 1.82) is 0 Å². The number of pyridine rings is 1. The zero-order valence-electron chi connectivity index (χ0n) is 15.8. The molecule has 6 heteroatoms. The van der Waals surface area contributed by atoms with Gasteiger partial charge in [-0.15, -0.1) is 11.3 Å². The maximum Gasteiger partial charge on any atom is 0.263 e. The fraction of sp³-hybridized carbons (Fsp3) is 0.273. The third-order valence-electron chi connectivity index (χ3n) is 4.48. The number of unbranched alkanes of at least 4 members (excludes halogenated alkanes) is 1. The van der Waals surface area contributed by atoms with Crippen LogP contribution in [-0.2, 0) is 13.0 Å². The summed E-state index contributed by atoms with van der Waals surface area (Å²) < 4.78 is 1.64. The third-order valence-corrected chi connectivity index (χ3v) is 5.80. The first kappa shape index (κ1) is 20.4. The molecule has 0 spiro atoms. The number of thiophene rings is 1. The smallest absolute Gasteiger partial charge is 0.263 e. The van der Waals surface area contributed by atoms with Crippen LogP contribution < -0.4 is 10.9 Å². The Balaban J connectivity index is 1.83. The molecular weight excluding hydrogens is 392 g/mol. The molecule has 3 rings (SSSR count). The molecular formula is C22H23ClN2O2S. The molecule has 146 valence electrons. The Bertz CT molecular complexity index is 995. The van der Waals surface area contributed by atoms with Crippen molar-refractivity contribution in [3.63, 3.8) is 0 Å². The SMILES string of the molecule is CCCCn1cc(-c2cc(Cl)cs2)cc(C(=O)NCCc2ccccc2)c1=O. The van der Waals surface area contributed by atoms with E-state index in [2.05, 4.69) is 12.2 Å². The summed E-state index contributed by atoms with van der Waals surface area (Å²) in [5.74, 6) is -0.337. The third kappa shape index (κ3) is 5.12. The summed E-state index contributed by atoms with van der Waals surface area (Å²) in [6.07, 6.45) is 4.39. The molecule has 0 saturated heterocycles. The number of aryl methyl sites for hydroxylation is 1. The van der Waals surface area contributed by atoms with Gasteiger partial charge in [0.2, 0.25) is 0 Å². The number of hydrogen-bond acceptors (Lipinski definition) is 3. The Morgan fingerprint density at radius 2 is 2.00 bits per heavy atom. The Hall–Kier alpha value is -2.37. The number of amides is 1. The zero-order valence-corrected chi connectivity index (χ0v) is 17.4. The maximum absolute atomic E-state index is 12.8. The van der Waals surface area contributed by atoms with Gasteiger partial charge in [-0.3, -0.25) is 9.59 Å². The highest BCUT2D eigenvalue weighted by Crippen LogP contribution is 2.29. The van der Waals surface area contributed by atoms with Gasteiger partial charge in [-0.25, -0.2) is 0 Å². The molecule has 0 atom stereocenters. The van der Waals surface area contributed by atoms with Crippen molar-refractivity contribution in [2.24, 2.45) is 0 Å². The van der Waals surface area contributed by atoms with Crippen molar-refractivity contribution in [3.8, 4) is 10.4 Å². The molecule has 0 unspecified atom stereocenters. The van der Waals surface area contributed by atoms with Crippen molar-refractivity contribution >= 4 is 28.8 Å². The number of nitrogens with one attached hydrogen (secondary N) is 1. The maximum atomic E-state index is 12.8. The Morgan fingerprint density at radius 3 is 2.68 bits per heavy atom. The van der Waals surface area contributed by atoms with E-state index < -0.39 is 0 Å². The van der Waals surface area contributed by atoms with E-state index in [9.17, 15) is 9.59 Å². The number of hydrogen-bond donors (Lipinski definition) is 1. The highest BCUT2D eigenvalue weighted by Gasteiger charge is 2.15. The van der Waals surface area contributed by atoms with Crippen LogP contribution in [-0.4, -0.2) is 17.0 Å². The molecule has 0 bridgehead atoms. The number of carbonyl (C=O) groups excluding carboxylic acids is 1. The lowest BCUT2D eigenvalue weighted by Crippen LogP contribution is -2.34. The fourth-order valence-corrected chi connectivity index (χ4v) is 4.01. The molecule has 3 aromatic rings. The van der Waals surface area contributed by atoms with Crippen LogP contribution in [0.4, 0.5) is 0 Å². The number of halogens is 1. The highest BCUT2D eigenvalue weighted by atomic mass is 35.5. The first-order valence-electron chi connectivity index (χ1n) is 9.39. The number of rotatable bonds is 8. The molecule has 2 heterocycles. The van der Waals surface area contributed by atoms with E-state index in [4.69, 9.17) is 11.6 Å². The quantitative estimate of drug-likeness (QED) is 0.563. The zero-order chi connectivity index (χ0) is 19.9. The van der Waals surface area contributed by atoms with Gasteiger partial charge in [-0.05, 0) is 30.5 Å². The summed E-state index contributed by atoms with van der Waals surface area (Å²) in [6, 6.07) is 13.5. The van der Waals surface area contributed by atoms with Gasteiger partial charge in [-0.1, -0.05) is 55.3 Å². The summed E-state index contributed by atoms with van der Waals surface area (Å²) in [7, 11) is 0. The lowest BCUT2D eigenvalue weighted by Gasteiger charge is -2.11. The van der Waals surface area contributed by atoms with Crippen LogP contribution >= 0.6 is 22.9 Å². The van der Waals surface area contributed by atoms with Crippen LogP contribution in [0.5, 0.6) is 0 Å². The second kappa shape index (κ2) is 9.71. The summed E-state index contributed by atoms with van der Waals surface area (Å²) in [5, 5.41) is 5.38. The van der Waals surface area contributed by atoms with Crippen LogP contribution in [0, 0.1) is 0 Å². The van der Waals surface area contributed by atoms with E-state index in [1.807, 2.05) is 48.0 Å². The molecule has 1 aromatic carbocycles. The van der Waals surface area contributed by atoms with E-state index >= 15 is 0 Å². The van der Waals surface area contributed by atoms with Crippen molar-refractivity contribution in [2.45, 2.75) is 32.7 Å². The summed E-state index contributed by atoms with van der Waals surface area (Å²) in [6.45, 7) is 3.14. The van der Waals surface area contributed by atoms with Gasteiger partial charge in [0, 0.05) is 35.1 Å². The molecule has 0 aliphatic heterocycles. The molecule has 2 aromatic heterocycles. The first-order valence-corrected chi connectivity index (χ1v) is 10.6. The molecule has 1 N–H and O–H groups in total. The average molecular weight is 415 g/mol. The standard InChI is InChI=1S/C22H23ClN2O2S/c1-2-3-11-25-14-17(20-13-18(23)15-28-20)12-19(22(25)27)21(26)24-10-9-16-7-5-4-6-8-16/h4-8,12-15H,2-3,9-11H2,1H3,(H,24,26). The second-order valence-corrected chi connectivity index (χ2v) is 7.96. The highest BCUT2D eigenvalue weighted by molar-refractivity contribution is 7.14. The molecule has 0 fully saturated rings. The minimum Gasteiger partial charge on any atom is -0.352 e. The first-order chi connectivity index (χ1) is 13.6. The van der Waals surface area contributed by atoms with Crippen LogP contribution in [0.2, 0.25) is 5.02 Å². The molecule has 0 aliphatic carbocycles. The fourth-order valence-electron chi connectivity index (χ4n) is 2.95. The predicted molar refractivity (Wildman–Crippen MR) is 116 cm³/mol. The van der Waals surface area contributed by atoms with E-state index in [-0.39, 0.29) is 17.0 Å². The van der Waals surface area contributed by atoms with Crippen molar-refractivity contribution in [2.75, 3.05) is 6.54 Å². The van der Waals surface area contributed by atoms with Gasteiger partial charge in [0.1, 0.15) is 5.56 Å². The normalized spacial score (nSPS) is 10.8. The number of aromatic nitrogens is 1. The van der Waals surface area contributed by atoms with Gasteiger partial charge in [0.15, 0.2) is 0 Å². The second-order valence-electron chi connectivity index (χ2n) is 6.62. The van der Waals surface area contributed by atoms with E-state index in [1.54, 1.807) is 10.6 Å². The van der Waals surface area contributed by atoms with E-state index in [1.165, 1.54) is 11.3 Å². The number of benzene rings is 1. The van der Waals surface area contributed by atoms with Gasteiger partial charge in [0.05, 0.1) is 5.02 Å². The van der Waals surface area contributed by atoms with Crippen molar-refractivity contribution in [3.05, 3.63) is 80.5 Å². The molecule has 4 nitrogen and oxygen atoms in total. The predicted octanol–water partition coefficient (Wildman–Crippen LogP) is 5.00. The Kier molecular flexibility index (Phi) is 7.06. The molecule has 0 saturated carbocycles. The number of nitrogens with zero attached hydrogens (tertiary/aromatic N) is 1. The van der Waals surface area contributed by atoms with E-state index in [0.717, 1.165) is 35.3 Å². The van der Waals surface area contributed by atoms with Gasteiger partial charge < -0.3 is 9.88 Å². The summed E-state index contributed by atoms with van der Waals surface area (Å²) in [4.78, 5) is 26.5.